The number of aliphatic hydroxyl groups excluding tert-OH is 2. The van der Waals surface area contributed by atoms with Gasteiger partial charge in [0.1, 0.15) is 6.04 Å². The van der Waals surface area contributed by atoms with Gasteiger partial charge in [-0.15, -0.1) is 0 Å². The summed E-state index contributed by atoms with van der Waals surface area (Å²) in [7, 11) is 0. The number of H-pyrrole nitrogens is 1. The van der Waals surface area contributed by atoms with Crippen LogP contribution in [0.3, 0.4) is 0 Å². The number of imidazole rings is 1. The third kappa shape index (κ3) is 8.05. The van der Waals surface area contributed by atoms with Crippen LogP contribution in [0, 0.1) is 0 Å². The molecule has 0 unspecified atom stereocenters. The molecule has 132 valence electrons. The molecule has 9 nitrogen and oxygen atoms in total. The molecule has 0 amide bonds. The summed E-state index contributed by atoms with van der Waals surface area (Å²) in [6, 6.07) is -0.745. The highest BCUT2D eigenvalue weighted by molar-refractivity contribution is 5.73. The van der Waals surface area contributed by atoms with E-state index in [0.717, 1.165) is 5.69 Å². The highest BCUT2D eigenvalue weighted by atomic mass is 16.5. The molecule has 0 aliphatic carbocycles. The molecule has 1 aromatic rings. The molecule has 0 fully saturated rings. The van der Waals surface area contributed by atoms with Crippen molar-refractivity contribution in [2.45, 2.75) is 12.5 Å². The predicted octanol–water partition coefficient (Wildman–Crippen LogP) is -1.27. The lowest BCUT2D eigenvalue weighted by Crippen LogP contribution is -2.46. The van der Waals surface area contributed by atoms with E-state index in [4.69, 9.17) is 19.7 Å². The van der Waals surface area contributed by atoms with Crippen LogP contribution >= 0.6 is 0 Å². The molecule has 0 radical (unpaired) electrons. The van der Waals surface area contributed by atoms with Crippen LogP contribution in [-0.4, -0.2) is 94.9 Å². The Morgan fingerprint density at radius 2 is 1.78 bits per heavy atom. The van der Waals surface area contributed by atoms with Gasteiger partial charge in [0, 0.05) is 31.4 Å². The monoisotopic (exact) mass is 331 g/mol. The molecule has 9 heteroatoms. The Bertz CT molecular complexity index is 403. The Balaban J connectivity index is 2.60. The number of carbonyl (C=O) groups is 1. The molecule has 0 saturated heterocycles. The number of aromatic amines is 1. The van der Waals surface area contributed by atoms with Gasteiger partial charge >= 0.3 is 5.97 Å². The van der Waals surface area contributed by atoms with E-state index in [9.17, 15) is 9.90 Å². The summed E-state index contributed by atoms with van der Waals surface area (Å²) >= 11 is 0. The first-order valence-electron chi connectivity index (χ1n) is 7.50. The Hall–Kier alpha value is -1.52. The zero-order chi connectivity index (χ0) is 16.9. The summed E-state index contributed by atoms with van der Waals surface area (Å²) in [5.41, 5.74) is 0.731. The molecule has 1 rings (SSSR count). The minimum atomic E-state index is -0.941. The molecule has 0 aromatic carbocycles. The number of ether oxygens (including phenoxy) is 2. The average molecular weight is 331 g/mol. The molecular formula is C14H25N3O6. The van der Waals surface area contributed by atoms with E-state index >= 15 is 0 Å². The van der Waals surface area contributed by atoms with Crippen molar-refractivity contribution in [3.8, 4) is 0 Å². The number of hydrogen-bond donors (Lipinski definition) is 4. The Kier molecular flexibility index (Phi) is 10.2. The lowest BCUT2D eigenvalue weighted by Gasteiger charge is -2.28. The summed E-state index contributed by atoms with van der Waals surface area (Å²) in [5.74, 6) is -0.941. The van der Waals surface area contributed by atoms with E-state index in [-0.39, 0.29) is 32.8 Å². The number of aliphatic carboxylic acids is 1. The van der Waals surface area contributed by atoms with E-state index in [1.54, 1.807) is 11.1 Å². The summed E-state index contributed by atoms with van der Waals surface area (Å²) in [5, 5.41) is 26.9. The van der Waals surface area contributed by atoms with Crippen LogP contribution in [0.15, 0.2) is 12.5 Å². The van der Waals surface area contributed by atoms with E-state index in [2.05, 4.69) is 9.97 Å². The van der Waals surface area contributed by atoms with Crippen molar-refractivity contribution in [1.82, 2.24) is 14.9 Å². The number of rotatable bonds is 14. The van der Waals surface area contributed by atoms with Gasteiger partial charge < -0.3 is 29.8 Å². The summed E-state index contributed by atoms with van der Waals surface area (Å²) in [6.45, 7) is 1.70. The Morgan fingerprint density at radius 3 is 2.22 bits per heavy atom. The fourth-order valence-corrected chi connectivity index (χ4v) is 2.10. The van der Waals surface area contributed by atoms with Gasteiger partial charge in [0.2, 0.25) is 0 Å². The highest BCUT2D eigenvalue weighted by Crippen LogP contribution is 2.08. The largest absolute Gasteiger partial charge is 0.480 e. The molecule has 0 spiro atoms. The number of nitrogens with one attached hydrogen (secondary N) is 1. The molecule has 1 heterocycles. The summed E-state index contributed by atoms with van der Waals surface area (Å²) < 4.78 is 10.4. The fourth-order valence-electron chi connectivity index (χ4n) is 2.10. The SMILES string of the molecule is O=C(O)[C@H](Cc1cnc[nH]1)N(CCOCCO)CCOCCO. The Morgan fingerprint density at radius 1 is 1.17 bits per heavy atom. The van der Waals surface area contributed by atoms with Crippen molar-refractivity contribution < 1.29 is 29.6 Å². The van der Waals surface area contributed by atoms with Gasteiger partial charge in [-0.1, -0.05) is 0 Å². The summed E-state index contributed by atoms with van der Waals surface area (Å²) in [4.78, 5) is 20.2. The van der Waals surface area contributed by atoms with Gasteiger partial charge in [-0.2, -0.15) is 0 Å². The van der Waals surface area contributed by atoms with Crippen molar-refractivity contribution >= 4 is 5.97 Å². The van der Waals surface area contributed by atoms with E-state index in [1.165, 1.54) is 6.33 Å². The summed E-state index contributed by atoms with van der Waals surface area (Å²) in [6.07, 6.45) is 3.39. The number of aromatic nitrogens is 2. The average Bonchev–Trinajstić information content (AvgIpc) is 3.04. The molecule has 0 aliphatic heterocycles. The van der Waals surface area contributed by atoms with Crippen molar-refractivity contribution in [2.75, 3.05) is 52.7 Å². The van der Waals surface area contributed by atoms with Gasteiger partial charge in [-0.25, -0.2) is 4.98 Å². The van der Waals surface area contributed by atoms with Gasteiger partial charge in [0.05, 0.1) is 46.0 Å². The van der Waals surface area contributed by atoms with Gasteiger partial charge in [-0.3, -0.25) is 9.69 Å². The second kappa shape index (κ2) is 12.0. The number of nitrogens with zero attached hydrogens (tertiary/aromatic N) is 2. The molecule has 0 aliphatic rings. The first kappa shape index (κ1) is 19.5. The second-order valence-electron chi connectivity index (χ2n) is 4.84. The second-order valence-corrected chi connectivity index (χ2v) is 4.84. The third-order valence-electron chi connectivity index (χ3n) is 3.21. The van der Waals surface area contributed by atoms with E-state index in [0.29, 0.717) is 26.3 Å². The minimum absolute atomic E-state index is 0.0733. The number of aliphatic hydroxyl groups is 2. The van der Waals surface area contributed by atoms with Crippen LogP contribution in [-0.2, 0) is 20.7 Å². The molecule has 1 atom stereocenters. The molecule has 1 aromatic heterocycles. The third-order valence-corrected chi connectivity index (χ3v) is 3.21. The van der Waals surface area contributed by atoms with E-state index in [1.807, 2.05) is 0 Å². The number of hydrogen-bond acceptors (Lipinski definition) is 7. The normalized spacial score (nSPS) is 12.7. The van der Waals surface area contributed by atoms with Crippen LogP contribution in [0.25, 0.3) is 0 Å². The van der Waals surface area contributed by atoms with Crippen molar-refractivity contribution in [3.63, 3.8) is 0 Å². The highest BCUT2D eigenvalue weighted by Gasteiger charge is 2.26. The van der Waals surface area contributed by atoms with Crippen LogP contribution in [0.2, 0.25) is 0 Å². The Labute approximate surface area is 134 Å². The van der Waals surface area contributed by atoms with Crippen LogP contribution in [0.4, 0.5) is 0 Å². The first-order valence-corrected chi connectivity index (χ1v) is 7.50. The van der Waals surface area contributed by atoms with E-state index < -0.39 is 12.0 Å². The van der Waals surface area contributed by atoms with Crippen molar-refractivity contribution in [2.24, 2.45) is 0 Å². The predicted molar refractivity (Wildman–Crippen MR) is 81.1 cm³/mol. The van der Waals surface area contributed by atoms with Gasteiger partial charge in [0.15, 0.2) is 0 Å². The number of carboxylic acids is 1. The lowest BCUT2D eigenvalue weighted by atomic mass is 10.1. The van der Waals surface area contributed by atoms with Crippen LogP contribution < -0.4 is 0 Å². The lowest BCUT2D eigenvalue weighted by molar-refractivity contribution is -0.144. The molecule has 23 heavy (non-hydrogen) atoms. The zero-order valence-electron chi connectivity index (χ0n) is 13.1. The maximum atomic E-state index is 11.6. The minimum Gasteiger partial charge on any atom is -0.480 e. The standard InChI is InChI=1S/C14H25N3O6/c18-3-7-22-5-1-17(2-6-23-8-4-19)13(14(20)21)9-12-10-15-11-16-12/h10-11,13,18-19H,1-9H2,(H,15,16)(H,20,21)/t13-/m0/s1. The maximum Gasteiger partial charge on any atom is 0.321 e. The molecule has 4 N–H and O–H groups in total. The molecular weight excluding hydrogens is 306 g/mol. The maximum absolute atomic E-state index is 11.6. The van der Waals surface area contributed by atoms with Crippen LogP contribution in [0.5, 0.6) is 0 Å². The molecule has 0 bridgehead atoms. The van der Waals surface area contributed by atoms with Gasteiger partial charge in [0.25, 0.3) is 0 Å². The number of carboxylic acid groups (broad SMARTS) is 1. The van der Waals surface area contributed by atoms with Gasteiger partial charge in [-0.05, 0) is 0 Å². The topological polar surface area (TPSA) is 128 Å². The van der Waals surface area contributed by atoms with Crippen molar-refractivity contribution in [3.05, 3.63) is 18.2 Å². The zero-order valence-corrected chi connectivity index (χ0v) is 13.1. The quantitative estimate of drug-likeness (QED) is 0.311. The fraction of sp³-hybridized carbons (Fsp3) is 0.714. The van der Waals surface area contributed by atoms with Crippen LogP contribution in [0.1, 0.15) is 5.69 Å². The first-order chi connectivity index (χ1) is 11.2. The van der Waals surface area contributed by atoms with Crippen molar-refractivity contribution in [1.29, 1.82) is 0 Å². The smallest absolute Gasteiger partial charge is 0.321 e. The molecule has 0 saturated carbocycles.